The third-order valence-corrected chi connectivity index (χ3v) is 7.64. The molecule has 1 unspecified atom stereocenters. The van der Waals surface area contributed by atoms with Gasteiger partial charge in [-0.15, -0.1) is 0 Å². The van der Waals surface area contributed by atoms with Crippen LogP contribution in [0.25, 0.3) is 27.5 Å². The minimum Gasteiger partial charge on any atom is -0.456 e. The lowest BCUT2D eigenvalue weighted by atomic mass is 9.75. The first kappa shape index (κ1) is 19.1. The quantitative estimate of drug-likeness (QED) is 0.292. The van der Waals surface area contributed by atoms with Crippen LogP contribution in [0.15, 0.2) is 87.3 Å². The minimum atomic E-state index is 0.384. The SMILES string of the molecule is CC1=CCC(c2ccc3oc4ccc(Br)cc4c3c2)C=C1c1ccccc1C1CCC1. The van der Waals surface area contributed by atoms with Gasteiger partial charge in [0.15, 0.2) is 0 Å². The van der Waals surface area contributed by atoms with Crippen molar-refractivity contribution in [1.29, 1.82) is 0 Å². The van der Waals surface area contributed by atoms with Crippen molar-refractivity contribution in [2.45, 2.75) is 44.4 Å². The van der Waals surface area contributed by atoms with Crippen LogP contribution in [0.1, 0.15) is 61.1 Å². The molecular weight excluding hydrogens is 444 g/mol. The highest BCUT2D eigenvalue weighted by Crippen LogP contribution is 2.43. The lowest BCUT2D eigenvalue weighted by Gasteiger charge is -2.30. The van der Waals surface area contributed by atoms with E-state index in [4.69, 9.17) is 4.42 Å². The van der Waals surface area contributed by atoms with Gasteiger partial charge in [0.25, 0.3) is 0 Å². The van der Waals surface area contributed by atoms with Crippen LogP contribution in [0.3, 0.4) is 0 Å². The van der Waals surface area contributed by atoms with Gasteiger partial charge >= 0.3 is 0 Å². The van der Waals surface area contributed by atoms with Crippen molar-refractivity contribution in [2.24, 2.45) is 0 Å². The fourth-order valence-corrected chi connectivity index (χ4v) is 5.53. The standard InChI is InChI=1S/C29H25BrO/c1-18-9-10-20(15-25(18)24-8-3-2-7-23(24)19-5-4-6-19)21-11-13-28-26(16-21)27-17-22(30)12-14-29(27)31-28/h2-3,7-9,11-17,19-20H,4-6,10H2,1H3. The Hall–Kier alpha value is -2.58. The maximum absolute atomic E-state index is 6.07. The summed E-state index contributed by atoms with van der Waals surface area (Å²) in [7, 11) is 0. The summed E-state index contributed by atoms with van der Waals surface area (Å²) in [6.45, 7) is 2.27. The van der Waals surface area contributed by atoms with Gasteiger partial charge in [-0.1, -0.05) is 64.8 Å². The number of hydrogen-bond acceptors (Lipinski definition) is 1. The summed E-state index contributed by atoms with van der Waals surface area (Å²) in [4.78, 5) is 0. The molecule has 0 saturated heterocycles. The van der Waals surface area contributed by atoms with Gasteiger partial charge < -0.3 is 4.42 Å². The first-order valence-corrected chi connectivity index (χ1v) is 12.1. The first-order chi connectivity index (χ1) is 15.2. The Morgan fingerprint density at radius 3 is 2.48 bits per heavy atom. The Kier molecular flexibility index (Phi) is 4.65. The zero-order valence-corrected chi connectivity index (χ0v) is 19.3. The van der Waals surface area contributed by atoms with E-state index < -0.39 is 0 Å². The van der Waals surface area contributed by atoms with Crippen LogP contribution < -0.4 is 0 Å². The molecule has 1 aromatic heterocycles. The summed E-state index contributed by atoms with van der Waals surface area (Å²) in [5, 5.41) is 2.37. The molecule has 1 heterocycles. The van der Waals surface area contributed by atoms with E-state index in [2.05, 4.69) is 83.5 Å². The minimum absolute atomic E-state index is 0.384. The van der Waals surface area contributed by atoms with E-state index in [0.29, 0.717) is 5.92 Å². The van der Waals surface area contributed by atoms with Gasteiger partial charge in [0.2, 0.25) is 0 Å². The van der Waals surface area contributed by atoms with E-state index in [1.54, 1.807) is 0 Å². The molecule has 31 heavy (non-hydrogen) atoms. The molecule has 1 fully saturated rings. The summed E-state index contributed by atoms with van der Waals surface area (Å²) in [6.07, 6.45) is 10.0. The molecule has 0 aliphatic heterocycles. The highest BCUT2D eigenvalue weighted by molar-refractivity contribution is 9.10. The van der Waals surface area contributed by atoms with Crippen LogP contribution >= 0.6 is 15.9 Å². The fraction of sp³-hybridized carbons (Fsp3) is 0.241. The molecule has 2 aliphatic rings. The van der Waals surface area contributed by atoms with Crippen molar-refractivity contribution >= 4 is 43.4 Å². The highest BCUT2D eigenvalue weighted by Gasteiger charge is 2.25. The van der Waals surface area contributed by atoms with Crippen molar-refractivity contribution in [3.05, 3.63) is 99.6 Å². The van der Waals surface area contributed by atoms with E-state index in [-0.39, 0.29) is 0 Å². The van der Waals surface area contributed by atoms with E-state index in [1.807, 2.05) is 12.1 Å². The van der Waals surface area contributed by atoms with E-state index in [1.165, 1.54) is 57.9 Å². The van der Waals surface area contributed by atoms with Gasteiger partial charge in [0.1, 0.15) is 11.2 Å². The molecule has 1 saturated carbocycles. The lowest BCUT2D eigenvalue weighted by Crippen LogP contribution is -2.12. The third-order valence-electron chi connectivity index (χ3n) is 7.15. The zero-order chi connectivity index (χ0) is 20.9. The van der Waals surface area contributed by atoms with Crippen molar-refractivity contribution in [2.75, 3.05) is 0 Å². The molecule has 2 heteroatoms. The summed E-state index contributed by atoms with van der Waals surface area (Å²) in [5.74, 6) is 1.12. The Bertz CT molecular complexity index is 1370. The molecular formula is C29H25BrO. The van der Waals surface area contributed by atoms with Crippen LogP contribution in [-0.2, 0) is 0 Å². The second-order valence-electron chi connectivity index (χ2n) is 9.02. The van der Waals surface area contributed by atoms with E-state index >= 15 is 0 Å². The molecule has 154 valence electrons. The number of rotatable bonds is 3. The number of hydrogen-bond donors (Lipinski definition) is 0. The molecule has 0 spiro atoms. The van der Waals surface area contributed by atoms with E-state index in [0.717, 1.165) is 28.0 Å². The van der Waals surface area contributed by atoms with Gasteiger partial charge in [-0.3, -0.25) is 0 Å². The predicted molar refractivity (Wildman–Crippen MR) is 134 cm³/mol. The smallest absolute Gasteiger partial charge is 0.135 e. The van der Waals surface area contributed by atoms with Gasteiger partial charge in [-0.05, 0) is 90.3 Å². The van der Waals surface area contributed by atoms with Crippen molar-refractivity contribution in [1.82, 2.24) is 0 Å². The molecule has 0 amide bonds. The number of fused-ring (bicyclic) bond motifs is 3. The van der Waals surface area contributed by atoms with Crippen LogP contribution in [0.4, 0.5) is 0 Å². The molecule has 3 aromatic carbocycles. The normalized spacial score (nSPS) is 19.4. The highest BCUT2D eigenvalue weighted by atomic mass is 79.9. The Morgan fingerprint density at radius 2 is 1.68 bits per heavy atom. The summed E-state index contributed by atoms with van der Waals surface area (Å²) >= 11 is 3.61. The average molecular weight is 469 g/mol. The number of allylic oxidation sites excluding steroid dienone is 4. The molecule has 1 nitrogen and oxygen atoms in total. The molecule has 4 aromatic rings. The van der Waals surface area contributed by atoms with Crippen LogP contribution in [0.5, 0.6) is 0 Å². The summed E-state index contributed by atoms with van der Waals surface area (Å²) in [5.41, 5.74) is 9.05. The Morgan fingerprint density at radius 1 is 0.903 bits per heavy atom. The molecule has 1 atom stereocenters. The molecule has 0 N–H and O–H groups in total. The van der Waals surface area contributed by atoms with Crippen LogP contribution in [0.2, 0.25) is 0 Å². The van der Waals surface area contributed by atoms with Crippen LogP contribution in [0, 0.1) is 0 Å². The number of halogens is 1. The monoisotopic (exact) mass is 468 g/mol. The van der Waals surface area contributed by atoms with E-state index in [9.17, 15) is 0 Å². The number of benzene rings is 3. The summed E-state index contributed by atoms with van der Waals surface area (Å²) in [6, 6.07) is 22.0. The summed E-state index contributed by atoms with van der Waals surface area (Å²) < 4.78 is 7.15. The second kappa shape index (κ2) is 7.53. The maximum atomic E-state index is 6.07. The average Bonchev–Trinajstić information content (AvgIpc) is 3.11. The molecule has 2 aliphatic carbocycles. The predicted octanol–water partition coefficient (Wildman–Crippen LogP) is 9.13. The fourth-order valence-electron chi connectivity index (χ4n) is 5.16. The second-order valence-corrected chi connectivity index (χ2v) is 9.94. The van der Waals surface area contributed by atoms with Gasteiger partial charge in [0.05, 0.1) is 0 Å². The molecule has 0 radical (unpaired) electrons. The van der Waals surface area contributed by atoms with Crippen LogP contribution in [-0.4, -0.2) is 0 Å². The van der Waals surface area contributed by atoms with Gasteiger partial charge in [-0.2, -0.15) is 0 Å². The Labute approximate surface area is 191 Å². The lowest BCUT2D eigenvalue weighted by molar-refractivity contribution is 0.419. The number of furan rings is 1. The third kappa shape index (κ3) is 3.29. The van der Waals surface area contributed by atoms with Crippen molar-refractivity contribution in [3.8, 4) is 0 Å². The Balaban J connectivity index is 1.44. The van der Waals surface area contributed by atoms with Gasteiger partial charge in [-0.25, -0.2) is 0 Å². The molecule has 0 bridgehead atoms. The largest absolute Gasteiger partial charge is 0.456 e. The first-order valence-electron chi connectivity index (χ1n) is 11.3. The zero-order valence-electron chi connectivity index (χ0n) is 17.7. The topological polar surface area (TPSA) is 13.1 Å². The van der Waals surface area contributed by atoms with Gasteiger partial charge in [0, 0.05) is 21.2 Å². The maximum Gasteiger partial charge on any atom is 0.135 e. The molecule has 6 rings (SSSR count). The van der Waals surface area contributed by atoms with Crippen molar-refractivity contribution < 1.29 is 4.42 Å². The van der Waals surface area contributed by atoms with Crippen molar-refractivity contribution in [3.63, 3.8) is 0 Å².